The molecule has 1 heterocycles. The Labute approximate surface area is 317 Å². The fourth-order valence-corrected chi connectivity index (χ4v) is 9.13. The molecule has 1 saturated carbocycles. The first-order valence-electron chi connectivity index (χ1n) is 19.3. The van der Waals surface area contributed by atoms with Crippen LogP contribution < -0.4 is 0 Å². The first kappa shape index (κ1) is 32.3. The van der Waals surface area contributed by atoms with Gasteiger partial charge in [0, 0.05) is 22.1 Å². The third-order valence-electron chi connectivity index (χ3n) is 11.7. The van der Waals surface area contributed by atoms with Gasteiger partial charge < -0.3 is 0 Å². The lowest BCUT2D eigenvalue weighted by molar-refractivity contribution is 0.353. The van der Waals surface area contributed by atoms with Crippen molar-refractivity contribution in [2.75, 3.05) is 0 Å². The van der Waals surface area contributed by atoms with Crippen LogP contribution in [0.2, 0.25) is 0 Å². The van der Waals surface area contributed by atoms with E-state index in [9.17, 15) is 0 Å². The van der Waals surface area contributed by atoms with Crippen LogP contribution >= 0.6 is 0 Å². The van der Waals surface area contributed by atoms with Crippen molar-refractivity contribution in [2.45, 2.75) is 37.5 Å². The molecule has 0 unspecified atom stereocenters. The van der Waals surface area contributed by atoms with Gasteiger partial charge in [-0.2, -0.15) is 0 Å². The average Bonchev–Trinajstić information content (AvgIpc) is 3.53. The number of hydrogen-bond donors (Lipinski definition) is 0. The molecule has 258 valence electrons. The molecule has 1 spiro atoms. The molecule has 0 atom stereocenters. The van der Waals surface area contributed by atoms with E-state index in [1.54, 1.807) is 0 Å². The SMILES string of the molecule is c1ccc(-c2ccc(-c3cc(-c4ccccc4)nc(-c4cccc(-c5cccc(-c6cccc7c6C6(CCCCC6)c6ccccc6-7)c5)c4)n3)cc2)cc1. The minimum atomic E-state index is 0.0946. The Balaban J connectivity index is 1.04. The van der Waals surface area contributed by atoms with Crippen molar-refractivity contribution >= 4 is 0 Å². The highest BCUT2D eigenvalue weighted by atomic mass is 14.9. The summed E-state index contributed by atoms with van der Waals surface area (Å²) in [4.78, 5) is 10.4. The summed E-state index contributed by atoms with van der Waals surface area (Å²) >= 11 is 0. The Bertz CT molecular complexity index is 2620. The summed E-state index contributed by atoms with van der Waals surface area (Å²) in [6.45, 7) is 0. The van der Waals surface area contributed by atoms with E-state index in [4.69, 9.17) is 9.97 Å². The summed E-state index contributed by atoms with van der Waals surface area (Å²) in [6, 6.07) is 65.7. The maximum absolute atomic E-state index is 5.20. The maximum atomic E-state index is 5.20. The Morgan fingerprint density at radius 3 is 1.54 bits per heavy atom. The smallest absolute Gasteiger partial charge is 0.160 e. The van der Waals surface area contributed by atoms with E-state index in [1.165, 1.54) is 82.2 Å². The zero-order valence-electron chi connectivity index (χ0n) is 30.3. The van der Waals surface area contributed by atoms with Gasteiger partial charge in [0.1, 0.15) is 0 Å². The van der Waals surface area contributed by atoms with Crippen molar-refractivity contribution in [3.8, 4) is 78.4 Å². The molecular formula is C52H40N2. The summed E-state index contributed by atoms with van der Waals surface area (Å²) < 4.78 is 0. The van der Waals surface area contributed by atoms with Crippen LogP contribution in [0.3, 0.4) is 0 Å². The molecule has 10 rings (SSSR count). The minimum Gasteiger partial charge on any atom is -0.228 e. The molecule has 2 aliphatic rings. The number of fused-ring (bicyclic) bond motifs is 5. The zero-order chi connectivity index (χ0) is 35.9. The number of rotatable bonds is 6. The normalized spacial score (nSPS) is 14.1. The number of nitrogens with zero attached hydrogens (tertiary/aromatic N) is 2. The molecule has 0 N–H and O–H groups in total. The van der Waals surface area contributed by atoms with Gasteiger partial charge in [-0.15, -0.1) is 0 Å². The van der Waals surface area contributed by atoms with Crippen LogP contribution in [-0.4, -0.2) is 9.97 Å². The molecule has 0 amide bonds. The van der Waals surface area contributed by atoms with E-state index in [2.05, 4.69) is 176 Å². The molecule has 8 aromatic rings. The largest absolute Gasteiger partial charge is 0.228 e. The fourth-order valence-electron chi connectivity index (χ4n) is 9.13. The lowest BCUT2D eigenvalue weighted by Gasteiger charge is -2.37. The molecule has 0 saturated heterocycles. The third kappa shape index (κ3) is 5.67. The van der Waals surface area contributed by atoms with E-state index in [1.807, 2.05) is 6.07 Å². The summed E-state index contributed by atoms with van der Waals surface area (Å²) in [5, 5.41) is 0. The molecule has 2 aliphatic carbocycles. The second-order valence-electron chi connectivity index (χ2n) is 14.8. The van der Waals surface area contributed by atoms with Gasteiger partial charge in [0.2, 0.25) is 0 Å². The van der Waals surface area contributed by atoms with Crippen molar-refractivity contribution in [3.05, 3.63) is 193 Å². The third-order valence-corrected chi connectivity index (χ3v) is 11.7. The van der Waals surface area contributed by atoms with Gasteiger partial charge in [0.25, 0.3) is 0 Å². The van der Waals surface area contributed by atoms with Crippen LogP contribution in [0.4, 0.5) is 0 Å². The molecule has 0 radical (unpaired) electrons. The Kier molecular flexibility index (Phi) is 8.10. The zero-order valence-corrected chi connectivity index (χ0v) is 30.3. The Morgan fingerprint density at radius 2 is 0.815 bits per heavy atom. The molecule has 2 heteroatoms. The van der Waals surface area contributed by atoms with Crippen LogP contribution in [0.1, 0.15) is 43.2 Å². The summed E-state index contributed by atoms with van der Waals surface area (Å²) in [6.07, 6.45) is 6.33. The number of aromatic nitrogens is 2. The lowest BCUT2D eigenvalue weighted by Crippen LogP contribution is -2.28. The van der Waals surface area contributed by atoms with E-state index < -0.39 is 0 Å². The fraction of sp³-hybridized carbons (Fsp3) is 0.115. The monoisotopic (exact) mass is 692 g/mol. The van der Waals surface area contributed by atoms with Crippen LogP contribution in [0, 0.1) is 0 Å². The molecule has 7 aromatic carbocycles. The van der Waals surface area contributed by atoms with Crippen molar-refractivity contribution in [1.29, 1.82) is 0 Å². The second kappa shape index (κ2) is 13.5. The molecule has 2 nitrogen and oxygen atoms in total. The molecule has 0 aliphatic heterocycles. The van der Waals surface area contributed by atoms with Gasteiger partial charge >= 0.3 is 0 Å². The van der Waals surface area contributed by atoms with Gasteiger partial charge in [-0.25, -0.2) is 9.97 Å². The standard InChI is InChI=1S/C52H40N2/c1-4-15-36(16-5-1)37-27-29-39(30-28-37)49-35-48(38-17-6-2-7-18-38)53-51(54-49)43-22-13-20-41(34-43)40-19-12-21-42(33-40)44-24-14-25-46-45-23-8-9-26-47(45)52(50(44)46)31-10-3-11-32-52/h1-2,4-9,12-30,33-35H,3,10-11,31-32H2. The van der Waals surface area contributed by atoms with E-state index in [0.717, 1.165) is 39.5 Å². The van der Waals surface area contributed by atoms with Gasteiger partial charge in [-0.3, -0.25) is 0 Å². The molecular weight excluding hydrogens is 653 g/mol. The molecule has 1 fully saturated rings. The van der Waals surface area contributed by atoms with Gasteiger partial charge in [-0.1, -0.05) is 183 Å². The summed E-state index contributed by atoms with van der Waals surface area (Å²) in [5.41, 5.74) is 18.3. The topological polar surface area (TPSA) is 25.8 Å². The van der Waals surface area contributed by atoms with Gasteiger partial charge in [0.05, 0.1) is 11.4 Å². The first-order chi connectivity index (χ1) is 26.7. The molecule has 54 heavy (non-hydrogen) atoms. The van der Waals surface area contributed by atoms with Crippen molar-refractivity contribution < 1.29 is 0 Å². The summed E-state index contributed by atoms with van der Waals surface area (Å²) in [5.74, 6) is 0.717. The lowest BCUT2D eigenvalue weighted by atomic mass is 9.66. The first-order valence-corrected chi connectivity index (χ1v) is 19.3. The highest BCUT2D eigenvalue weighted by Gasteiger charge is 2.45. The van der Waals surface area contributed by atoms with Crippen LogP contribution in [0.15, 0.2) is 182 Å². The van der Waals surface area contributed by atoms with Crippen molar-refractivity contribution in [2.24, 2.45) is 0 Å². The van der Waals surface area contributed by atoms with Crippen LogP contribution in [-0.2, 0) is 5.41 Å². The maximum Gasteiger partial charge on any atom is 0.160 e. The second-order valence-corrected chi connectivity index (χ2v) is 14.8. The van der Waals surface area contributed by atoms with Crippen molar-refractivity contribution in [3.63, 3.8) is 0 Å². The van der Waals surface area contributed by atoms with E-state index in [0.29, 0.717) is 0 Å². The van der Waals surface area contributed by atoms with Crippen molar-refractivity contribution in [1.82, 2.24) is 9.97 Å². The number of hydrogen-bond acceptors (Lipinski definition) is 2. The highest BCUT2D eigenvalue weighted by molar-refractivity contribution is 5.89. The predicted octanol–water partition coefficient (Wildman–Crippen LogP) is 13.7. The highest BCUT2D eigenvalue weighted by Crippen LogP contribution is 2.58. The minimum absolute atomic E-state index is 0.0946. The van der Waals surface area contributed by atoms with Crippen LogP contribution in [0.5, 0.6) is 0 Å². The Morgan fingerprint density at radius 1 is 0.333 bits per heavy atom. The van der Waals surface area contributed by atoms with Gasteiger partial charge in [-0.05, 0) is 86.7 Å². The van der Waals surface area contributed by atoms with Gasteiger partial charge in [0.15, 0.2) is 5.82 Å². The number of benzene rings is 7. The van der Waals surface area contributed by atoms with Crippen LogP contribution in [0.25, 0.3) is 78.4 Å². The predicted molar refractivity (Wildman–Crippen MR) is 224 cm³/mol. The average molecular weight is 693 g/mol. The molecule has 0 bridgehead atoms. The Hall–Kier alpha value is -6.38. The van der Waals surface area contributed by atoms with E-state index in [-0.39, 0.29) is 5.41 Å². The molecule has 1 aromatic heterocycles. The quantitative estimate of drug-likeness (QED) is 0.173. The van der Waals surface area contributed by atoms with E-state index >= 15 is 0 Å². The summed E-state index contributed by atoms with van der Waals surface area (Å²) in [7, 11) is 0.